The molecule has 1 N–H and O–H groups in total. The largest absolute Gasteiger partial charge is 0.495 e. The molecule has 116 valence electrons. The maximum absolute atomic E-state index is 12.5. The molecular formula is C16H15BrClNO3. The summed E-state index contributed by atoms with van der Waals surface area (Å²) < 4.78 is 11.5. The molecule has 0 fully saturated rings. The van der Waals surface area contributed by atoms with E-state index in [0.717, 1.165) is 4.47 Å². The van der Waals surface area contributed by atoms with Gasteiger partial charge in [0, 0.05) is 9.50 Å². The number of benzene rings is 2. The number of carbonyl (C=O) groups is 1. The van der Waals surface area contributed by atoms with Crippen LogP contribution in [0.5, 0.6) is 11.5 Å². The van der Waals surface area contributed by atoms with Crippen LogP contribution < -0.4 is 14.8 Å². The van der Waals surface area contributed by atoms with E-state index in [9.17, 15) is 4.79 Å². The summed E-state index contributed by atoms with van der Waals surface area (Å²) >= 11 is 9.33. The average Bonchev–Trinajstić information content (AvgIpc) is 2.49. The van der Waals surface area contributed by atoms with Crippen LogP contribution >= 0.6 is 27.5 Å². The Morgan fingerprint density at radius 2 is 1.95 bits per heavy atom. The van der Waals surface area contributed by atoms with Gasteiger partial charge in [-0.05, 0) is 43.3 Å². The van der Waals surface area contributed by atoms with E-state index in [1.54, 1.807) is 30.3 Å². The molecule has 22 heavy (non-hydrogen) atoms. The Labute approximate surface area is 142 Å². The maximum Gasteiger partial charge on any atom is 0.259 e. The van der Waals surface area contributed by atoms with E-state index in [1.807, 2.05) is 13.0 Å². The molecule has 2 rings (SSSR count). The monoisotopic (exact) mass is 383 g/mol. The van der Waals surface area contributed by atoms with Crippen molar-refractivity contribution >= 4 is 39.1 Å². The van der Waals surface area contributed by atoms with Gasteiger partial charge in [0.15, 0.2) is 0 Å². The number of rotatable bonds is 5. The van der Waals surface area contributed by atoms with Crippen LogP contribution in [0, 0.1) is 0 Å². The van der Waals surface area contributed by atoms with Gasteiger partial charge in [-0.25, -0.2) is 0 Å². The Kier molecular flexibility index (Phi) is 5.69. The molecule has 6 heteroatoms. The summed E-state index contributed by atoms with van der Waals surface area (Å²) in [6.07, 6.45) is 0. The second-order valence-electron chi connectivity index (χ2n) is 4.37. The van der Waals surface area contributed by atoms with Crippen LogP contribution in [0.1, 0.15) is 17.3 Å². The second kappa shape index (κ2) is 7.51. The Bertz CT molecular complexity index is 691. The number of carbonyl (C=O) groups excluding carboxylic acids is 1. The molecule has 0 aliphatic carbocycles. The number of hydrogen-bond acceptors (Lipinski definition) is 3. The van der Waals surface area contributed by atoms with Gasteiger partial charge in [0.25, 0.3) is 5.91 Å². The van der Waals surface area contributed by atoms with Gasteiger partial charge in [0.05, 0.1) is 25.0 Å². The zero-order valence-corrected chi connectivity index (χ0v) is 14.5. The third-order valence-electron chi connectivity index (χ3n) is 2.90. The van der Waals surface area contributed by atoms with Crippen molar-refractivity contribution in [3.8, 4) is 11.5 Å². The number of amides is 1. The van der Waals surface area contributed by atoms with Crippen molar-refractivity contribution in [3.63, 3.8) is 0 Å². The third kappa shape index (κ3) is 3.93. The molecule has 0 unspecified atom stereocenters. The Balaban J connectivity index is 2.33. The first-order valence-corrected chi connectivity index (χ1v) is 7.79. The molecule has 0 aliphatic rings. The van der Waals surface area contributed by atoms with Gasteiger partial charge in [-0.15, -0.1) is 0 Å². The van der Waals surface area contributed by atoms with Crippen molar-refractivity contribution < 1.29 is 14.3 Å². The van der Waals surface area contributed by atoms with Crippen molar-refractivity contribution in [2.75, 3.05) is 19.0 Å². The van der Waals surface area contributed by atoms with E-state index in [2.05, 4.69) is 21.2 Å². The number of hydrogen-bond donors (Lipinski definition) is 1. The van der Waals surface area contributed by atoms with Gasteiger partial charge in [-0.2, -0.15) is 0 Å². The van der Waals surface area contributed by atoms with E-state index < -0.39 is 0 Å². The summed E-state index contributed by atoms with van der Waals surface area (Å²) in [4.78, 5) is 12.5. The van der Waals surface area contributed by atoms with E-state index in [0.29, 0.717) is 34.4 Å². The third-order valence-corrected chi connectivity index (χ3v) is 3.62. The zero-order chi connectivity index (χ0) is 16.1. The lowest BCUT2D eigenvalue weighted by atomic mass is 10.1. The molecule has 1 amide bonds. The zero-order valence-electron chi connectivity index (χ0n) is 12.2. The minimum atomic E-state index is -0.301. The van der Waals surface area contributed by atoms with Crippen LogP contribution in [0.3, 0.4) is 0 Å². The van der Waals surface area contributed by atoms with Gasteiger partial charge in [0.1, 0.15) is 11.5 Å². The van der Waals surface area contributed by atoms with Crippen molar-refractivity contribution in [3.05, 3.63) is 51.5 Å². The highest BCUT2D eigenvalue weighted by Crippen LogP contribution is 2.30. The molecule has 0 saturated heterocycles. The predicted molar refractivity (Wildman–Crippen MR) is 91.3 cm³/mol. The van der Waals surface area contributed by atoms with Gasteiger partial charge in [-0.1, -0.05) is 27.5 Å². The maximum atomic E-state index is 12.5. The van der Waals surface area contributed by atoms with Crippen molar-refractivity contribution in [1.82, 2.24) is 0 Å². The summed E-state index contributed by atoms with van der Waals surface area (Å²) in [5.74, 6) is 0.750. The lowest BCUT2D eigenvalue weighted by Crippen LogP contribution is -2.14. The fraction of sp³-hybridized carbons (Fsp3) is 0.188. The first-order valence-electron chi connectivity index (χ1n) is 6.62. The average molecular weight is 385 g/mol. The molecule has 0 atom stereocenters. The van der Waals surface area contributed by atoms with E-state index >= 15 is 0 Å². The fourth-order valence-corrected chi connectivity index (χ4v) is 2.46. The molecule has 0 saturated carbocycles. The van der Waals surface area contributed by atoms with E-state index in [-0.39, 0.29) is 5.91 Å². The van der Waals surface area contributed by atoms with Crippen molar-refractivity contribution in [1.29, 1.82) is 0 Å². The molecule has 4 nitrogen and oxygen atoms in total. The van der Waals surface area contributed by atoms with Gasteiger partial charge in [0.2, 0.25) is 0 Å². The van der Waals surface area contributed by atoms with Crippen molar-refractivity contribution in [2.45, 2.75) is 6.92 Å². The second-order valence-corrected chi connectivity index (χ2v) is 5.72. The highest BCUT2D eigenvalue weighted by Gasteiger charge is 2.15. The van der Waals surface area contributed by atoms with Gasteiger partial charge >= 0.3 is 0 Å². The molecule has 0 bridgehead atoms. The molecule has 0 radical (unpaired) electrons. The number of anilines is 1. The molecule has 0 spiro atoms. The number of nitrogens with one attached hydrogen (secondary N) is 1. The SMILES string of the molecule is CCOc1ccc(Br)cc1C(=O)Nc1cc(Cl)ccc1OC. The van der Waals surface area contributed by atoms with Crippen molar-refractivity contribution in [2.24, 2.45) is 0 Å². The Morgan fingerprint density at radius 1 is 1.23 bits per heavy atom. The molecule has 0 heterocycles. The Morgan fingerprint density at radius 3 is 2.64 bits per heavy atom. The smallest absolute Gasteiger partial charge is 0.259 e. The number of halogens is 2. The summed E-state index contributed by atoms with van der Waals surface area (Å²) in [6.45, 7) is 2.34. The number of methoxy groups -OCH3 is 1. The minimum absolute atomic E-state index is 0.301. The summed E-state index contributed by atoms with van der Waals surface area (Å²) in [6, 6.07) is 10.3. The quantitative estimate of drug-likeness (QED) is 0.808. The first-order chi connectivity index (χ1) is 10.5. The van der Waals surface area contributed by atoms with Crippen LogP contribution in [-0.4, -0.2) is 19.6 Å². The first kappa shape index (κ1) is 16.6. The summed E-state index contributed by atoms with van der Waals surface area (Å²) in [5.41, 5.74) is 0.931. The lowest BCUT2D eigenvalue weighted by Gasteiger charge is -2.13. The van der Waals surface area contributed by atoms with Crippen LogP contribution in [0.2, 0.25) is 5.02 Å². The van der Waals surface area contributed by atoms with E-state index in [4.69, 9.17) is 21.1 Å². The molecule has 2 aromatic carbocycles. The lowest BCUT2D eigenvalue weighted by molar-refractivity contribution is 0.102. The molecule has 0 aliphatic heterocycles. The van der Waals surface area contributed by atoms with Crippen LogP contribution in [0.4, 0.5) is 5.69 Å². The number of ether oxygens (including phenoxy) is 2. The Hall–Kier alpha value is -1.72. The topological polar surface area (TPSA) is 47.6 Å². The van der Waals surface area contributed by atoms with Gasteiger partial charge < -0.3 is 14.8 Å². The fourth-order valence-electron chi connectivity index (χ4n) is 1.93. The molecular weight excluding hydrogens is 370 g/mol. The normalized spacial score (nSPS) is 10.2. The minimum Gasteiger partial charge on any atom is -0.495 e. The molecule has 0 aromatic heterocycles. The highest BCUT2D eigenvalue weighted by atomic mass is 79.9. The van der Waals surface area contributed by atoms with Crippen LogP contribution in [0.15, 0.2) is 40.9 Å². The van der Waals surface area contributed by atoms with Gasteiger partial charge in [-0.3, -0.25) is 4.79 Å². The van der Waals surface area contributed by atoms with Crippen LogP contribution in [0.25, 0.3) is 0 Å². The summed E-state index contributed by atoms with van der Waals surface area (Å²) in [5, 5.41) is 3.30. The van der Waals surface area contributed by atoms with E-state index in [1.165, 1.54) is 7.11 Å². The predicted octanol–water partition coefficient (Wildman–Crippen LogP) is 4.76. The highest BCUT2D eigenvalue weighted by molar-refractivity contribution is 9.10. The standard InChI is InChI=1S/C16H15BrClNO3/c1-3-22-14-6-4-10(17)8-12(14)16(20)19-13-9-11(18)5-7-15(13)21-2/h4-9H,3H2,1-2H3,(H,19,20). The summed E-state index contributed by atoms with van der Waals surface area (Å²) in [7, 11) is 1.53. The van der Waals surface area contributed by atoms with Crippen LogP contribution in [-0.2, 0) is 0 Å². The molecule has 2 aromatic rings.